The van der Waals surface area contributed by atoms with E-state index in [2.05, 4.69) is 11.5 Å². The van der Waals surface area contributed by atoms with E-state index in [-0.39, 0.29) is 11.8 Å². The van der Waals surface area contributed by atoms with Crippen LogP contribution in [0.3, 0.4) is 0 Å². The van der Waals surface area contributed by atoms with Crippen LogP contribution in [0.5, 0.6) is 0 Å². The number of nitrogens with one attached hydrogen (secondary N) is 1. The van der Waals surface area contributed by atoms with Gasteiger partial charge in [0.15, 0.2) is 0 Å². The number of nitriles is 1. The van der Waals surface area contributed by atoms with Gasteiger partial charge in [-0.05, 0) is 47.5 Å². The van der Waals surface area contributed by atoms with Crippen molar-refractivity contribution >= 4 is 23.2 Å². The lowest BCUT2D eigenvalue weighted by atomic mass is 9.81. The lowest BCUT2D eigenvalue weighted by Crippen LogP contribution is -2.58. The minimum atomic E-state index is -0.989. The maximum absolute atomic E-state index is 14.0. The lowest BCUT2D eigenvalue weighted by Gasteiger charge is -2.42. The van der Waals surface area contributed by atoms with Crippen LogP contribution in [0, 0.1) is 17.2 Å². The van der Waals surface area contributed by atoms with Crippen LogP contribution in [0.4, 0.5) is 11.4 Å². The molecule has 1 fully saturated rings. The lowest BCUT2D eigenvalue weighted by molar-refractivity contribution is -0.123. The number of para-hydroxylation sites is 1. The van der Waals surface area contributed by atoms with E-state index in [0.29, 0.717) is 16.9 Å². The van der Waals surface area contributed by atoms with E-state index < -0.39 is 30.0 Å². The monoisotopic (exact) mass is 540 g/mol. The molecule has 2 amide bonds. The highest BCUT2D eigenvalue weighted by molar-refractivity contribution is 6.24. The normalized spacial score (nSPS) is 21.0. The Morgan fingerprint density at radius 2 is 1.29 bits per heavy atom. The van der Waals surface area contributed by atoms with Crippen LogP contribution in [0.2, 0.25) is 0 Å². The first-order chi connectivity index (χ1) is 20.1. The van der Waals surface area contributed by atoms with Gasteiger partial charge >= 0.3 is 0 Å². The molecule has 0 aromatic heterocycles. The average Bonchev–Trinajstić information content (AvgIpc) is 3.28. The maximum Gasteiger partial charge on any atom is 0.254 e. The number of imide groups is 1. The Hall–Kier alpha value is -5.03. The maximum atomic E-state index is 14.0. The molecule has 4 aromatic rings. The largest absolute Gasteiger partial charge is 0.390 e. The molecule has 6 rings (SSSR count). The Kier molecular flexibility index (Phi) is 7.17. The van der Waals surface area contributed by atoms with E-state index in [1.165, 1.54) is 4.90 Å². The second kappa shape index (κ2) is 11.2. The summed E-state index contributed by atoms with van der Waals surface area (Å²) in [7, 11) is 0. The van der Waals surface area contributed by atoms with Gasteiger partial charge in [-0.3, -0.25) is 9.59 Å². The minimum Gasteiger partial charge on any atom is -0.390 e. The Balaban J connectivity index is 1.43. The zero-order valence-electron chi connectivity index (χ0n) is 22.1. The van der Waals surface area contributed by atoms with Crippen LogP contribution in [0.25, 0.3) is 0 Å². The van der Waals surface area contributed by atoms with Gasteiger partial charge in [0.05, 0.1) is 35.4 Å². The fraction of sp³-hybridized carbons (Fsp3) is 0.147. The number of aliphatic hydroxyl groups is 1. The summed E-state index contributed by atoms with van der Waals surface area (Å²) in [5, 5.41) is 23.1. The van der Waals surface area contributed by atoms with Crippen molar-refractivity contribution in [1.29, 1.82) is 5.26 Å². The van der Waals surface area contributed by atoms with Gasteiger partial charge in [-0.1, -0.05) is 91.0 Å². The molecule has 2 heterocycles. The third-order valence-corrected chi connectivity index (χ3v) is 7.75. The number of aliphatic hydroxyl groups excluding tert-OH is 1. The van der Waals surface area contributed by atoms with Gasteiger partial charge in [0, 0.05) is 11.6 Å². The molecule has 0 saturated carbocycles. The molecule has 2 N–H and O–H groups in total. The smallest absolute Gasteiger partial charge is 0.254 e. The van der Waals surface area contributed by atoms with E-state index in [0.717, 1.165) is 11.1 Å². The van der Waals surface area contributed by atoms with Crippen LogP contribution < -0.4 is 10.3 Å². The fourth-order valence-corrected chi connectivity index (χ4v) is 5.80. The molecule has 4 aromatic carbocycles. The highest BCUT2D eigenvalue weighted by Gasteiger charge is 2.54. The summed E-state index contributed by atoms with van der Waals surface area (Å²) in [6.07, 6.45) is 2.59. The van der Waals surface area contributed by atoms with E-state index in [9.17, 15) is 20.0 Å². The van der Waals surface area contributed by atoms with Gasteiger partial charge in [0.1, 0.15) is 6.04 Å². The first-order valence-corrected chi connectivity index (χ1v) is 13.5. The Morgan fingerprint density at radius 1 is 0.732 bits per heavy atom. The zero-order valence-corrected chi connectivity index (χ0v) is 22.1. The van der Waals surface area contributed by atoms with Crippen molar-refractivity contribution in [3.05, 3.63) is 144 Å². The van der Waals surface area contributed by atoms with Gasteiger partial charge < -0.3 is 10.5 Å². The number of rotatable bonds is 7. The summed E-state index contributed by atoms with van der Waals surface area (Å²) in [5.41, 5.74) is 6.82. The van der Waals surface area contributed by atoms with Crippen LogP contribution in [-0.4, -0.2) is 40.1 Å². The molecule has 2 aliphatic heterocycles. The number of nitrogens with zero attached hydrogens (tertiary/aromatic N) is 3. The summed E-state index contributed by atoms with van der Waals surface area (Å²) in [6.45, 7) is 0. The van der Waals surface area contributed by atoms with Gasteiger partial charge in [0.25, 0.3) is 5.91 Å². The van der Waals surface area contributed by atoms with Crippen molar-refractivity contribution in [1.82, 2.24) is 5.01 Å². The van der Waals surface area contributed by atoms with Crippen LogP contribution in [-0.2, 0) is 9.59 Å². The number of hydrazine groups is 1. The average molecular weight is 541 g/mol. The second-order valence-corrected chi connectivity index (χ2v) is 10.2. The third-order valence-electron chi connectivity index (χ3n) is 7.75. The number of carbonyl (C=O) groups is 2. The number of fused-ring (bicyclic) bond motifs is 1. The molecule has 0 bridgehead atoms. The number of anilines is 2. The molecule has 1 saturated heterocycles. The number of benzene rings is 4. The topological polar surface area (TPSA) is 96.7 Å². The predicted molar refractivity (Wildman–Crippen MR) is 156 cm³/mol. The molecule has 41 heavy (non-hydrogen) atoms. The molecule has 7 nitrogen and oxygen atoms in total. The molecule has 7 heteroatoms. The van der Waals surface area contributed by atoms with Crippen molar-refractivity contribution in [2.45, 2.75) is 24.1 Å². The Morgan fingerprint density at radius 3 is 1.85 bits per heavy atom. The molecule has 4 unspecified atom stereocenters. The highest BCUT2D eigenvalue weighted by Crippen LogP contribution is 2.39. The number of hydrogen-bond acceptors (Lipinski definition) is 6. The number of carbonyl (C=O) groups excluding carboxylic acids is 2. The predicted octanol–water partition coefficient (Wildman–Crippen LogP) is 4.88. The van der Waals surface area contributed by atoms with Crippen molar-refractivity contribution in [3.63, 3.8) is 0 Å². The molecular formula is C34H28N4O3. The Labute approximate surface area is 238 Å². The summed E-state index contributed by atoms with van der Waals surface area (Å²) in [6, 6.07) is 35.8. The Bertz CT molecular complexity index is 1560. The van der Waals surface area contributed by atoms with E-state index in [1.54, 1.807) is 59.6 Å². The van der Waals surface area contributed by atoms with Crippen LogP contribution in [0.1, 0.15) is 22.6 Å². The van der Waals surface area contributed by atoms with Gasteiger partial charge in [0.2, 0.25) is 5.91 Å². The molecule has 202 valence electrons. The standard InChI is InChI=1S/C34H28N4O3/c35-22-23-16-18-26(19-17-23)36-38-29(32(39)30(24-10-4-1-5-11-24)25-12-6-2-7-13-25)21-20-28-31(38)34(41)37(33(28)40)27-14-8-3-9-15-27/h1-21,28-32,36,39H. The summed E-state index contributed by atoms with van der Waals surface area (Å²) >= 11 is 0. The summed E-state index contributed by atoms with van der Waals surface area (Å²) < 4.78 is 0. The molecule has 2 aliphatic rings. The first kappa shape index (κ1) is 26.2. The number of hydrogen-bond donors (Lipinski definition) is 2. The van der Waals surface area contributed by atoms with Crippen molar-refractivity contribution < 1.29 is 14.7 Å². The first-order valence-electron chi connectivity index (χ1n) is 13.5. The molecule has 0 aliphatic carbocycles. The molecule has 0 radical (unpaired) electrons. The number of amides is 2. The SMILES string of the molecule is N#Cc1ccc(NN2C(C(O)C(c3ccccc3)c3ccccc3)C=CC3C(=O)N(c4ccccc4)C(=O)C32)cc1. The third kappa shape index (κ3) is 4.91. The van der Waals surface area contributed by atoms with Crippen LogP contribution in [0.15, 0.2) is 127 Å². The second-order valence-electron chi connectivity index (χ2n) is 10.2. The quantitative estimate of drug-likeness (QED) is 0.256. The van der Waals surface area contributed by atoms with Gasteiger partial charge in [-0.15, -0.1) is 0 Å². The molecular weight excluding hydrogens is 512 g/mol. The summed E-state index contributed by atoms with van der Waals surface area (Å²) in [5.74, 6) is -1.83. The van der Waals surface area contributed by atoms with E-state index >= 15 is 0 Å². The van der Waals surface area contributed by atoms with Crippen molar-refractivity contribution in [3.8, 4) is 6.07 Å². The van der Waals surface area contributed by atoms with Crippen molar-refractivity contribution in [2.24, 2.45) is 5.92 Å². The highest BCUT2D eigenvalue weighted by atomic mass is 16.3. The van der Waals surface area contributed by atoms with E-state index in [1.807, 2.05) is 72.8 Å². The zero-order chi connectivity index (χ0) is 28.3. The summed E-state index contributed by atoms with van der Waals surface area (Å²) in [4.78, 5) is 28.8. The van der Waals surface area contributed by atoms with Gasteiger partial charge in [-0.2, -0.15) is 5.26 Å². The molecule has 0 spiro atoms. The van der Waals surface area contributed by atoms with Gasteiger partial charge in [-0.25, -0.2) is 9.91 Å². The minimum absolute atomic E-state index is 0.315. The van der Waals surface area contributed by atoms with E-state index in [4.69, 9.17) is 0 Å². The fourth-order valence-electron chi connectivity index (χ4n) is 5.80. The van der Waals surface area contributed by atoms with Crippen LogP contribution >= 0.6 is 0 Å². The molecule has 4 atom stereocenters. The van der Waals surface area contributed by atoms with Crippen molar-refractivity contribution in [2.75, 3.05) is 10.3 Å².